The third-order valence-corrected chi connectivity index (χ3v) is 3.27. The SMILES string of the molecule is OC1CCc2nnc(Cc3ccc(F)cc3)n2C1. The minimum Gasteiger partial charge on any atom is -0.391 e. The van der Waals surface area contributed by atoms with Crippen molar-refractivity contribution >= 4 is 0 Å². The fourth-order valence-corrected chi connectivity index (χ4v) is 2.28. The third-order valence-electron chi connectivity index (χ3n) is 3.27. The van der Waals surface area contributed by atoms with Crippen molar-refractivity contribution in [2.24, 2.45) is 0 Å². The van der Waals surface area contributed by atoms with E-state index in [1.807, 2.05) is 4.57 Å². The van der Waals surface area contributed by atoms with Gasteiger partial charge >= 0.3 is 0 Å². The summed E-state index contributed by atoms with van der Waals surface area (Å²) in [6.45, 7) is 0.554. The molecule has 1 N–H and O–H groups in total. The second kappa shape index (κ2) is 4.49. The maximum absolute atomic E-state index is 12.8. The van der Waals surface area contributed by atoms with E-state index in [1.54, 1.807) is 12.1 Å². The van der Waals surface area contributed by atoms with Crippen LogP contribution in [0, 0.1) is 5.82 Å². The summed E-state index contributed by atoms with van der Waals surface area (Å²) in [5, 5.41) is 18.0. The number of nitrogens with zero attached hydrogens (tertiary/aromatic N) is 3. The topological polar surface area (TPSA) is 50.9 Å². The molecular formula is C13H14FN3O. The maximum Gasteiger partial charge on any atom is 0.137 e. The Morgan fingerprint density at radius 1 is 1.28 bits per heavy atom. The van der Waals surface area contributed by atoms with Gasteiger partial charge in [0.2, 0.25) is 0 Å². The third kappa shape index (κ3) is 2.13. The van der Waals surface area contributed by atoms with Gasteiger partial charge in [-0.1, -0.05) is 12.1 Å². The number of rotatable bonds is 2. The zero-order chi connectivity index (χ0) is 12.5. The molecule has 0 spiro atoms. The summed E-state index contributed by atoms with van der Waals surface area (Å²) >= 11 is 0. The lowest BCUT2D eigenvalue weighted by Gasteiger charge is -2.19. The molecule has 1 aliphatic heterocycles. The van der Waals surface area contributed by atoms with E-state index in [9.17, 15) is 9.50 Å². The highest BCUT2D eigenvalue weighted by Crippen LogP contribution is 2.17. The lowest BCUT2D eigenvalue weighted by molar-refractivity contribution is 0.129. The molecule has 2 aromatic rings. The Bertz CT molecular complexity index is 550. The van der Waals surface area contributed by atoms with E-state index in [-0.39, 0.29) is 11.9 Å². The number of hydrogen-bond acceptors (Lipinski definition) is 3. The zero-order valence-corrected chi connectivity index (χ0v) is 9.88. The molecule has 0 saturated heterocycles. The summed E-state index contributed by atoms with van der Waals surface area (Å²) in [4.78, 5) is 0. The average Bonchev–Trinajstić information content (AvgIpc) is 2.75. The van der Waals surface area contributed by atoms with E-state index in [0.717, 1.165) is 30.1 Å². The monoisotopic (exact) mass is 247 g/mol. The van der Waals surface area contributed by atoms with Crippen LogP contribution in [0.5, 0.6) is 0 Å². The number of benzene rings is 1. The van der Waals surface area contributed by atoms with Crippen LogP contribution in [0.3, 0.4) is 0 Å². The zero-order valence-electron chi connectivity index (χ0n) is 9.88. The molecule has 0 amide bonds. The Balaban J connectivity index is 1.85. The van der Waals surface area contributed by atoms with E-state index < -0.39 is 0 Å². The van der Waals surface area contributed by atoms with Crippen molar-refractivity contribution < 1.29 is 9.50 Å². The number of hydrogen-bond donors (Lipinski definition) is 1. The fraction of sp³-hybridized carbons (Fsp3) is 0.385. The molecule has 1 atom stereocenters. The van der Waals surface area contributed by atoms with Gasteiger partial charge in [0.05, 0.1) is 12.6 Å². The van der Waals surface area contributed by atoms with Gasteiger partial charge in [-0.05, 0) is 24.1 Å². The molecule has 0 fully saturated rings. The maximum atomic E-state index is 12.8. The van der Waals surface area contributed by atoms with Crippen molar-refractivity contribution in [2.75, 3.05) is 0 Å². The molecule has 1 unspecified atom stereocenters. The molecule has 0 aliphatic carbocycles. The van der Waals surface area contributed by atoms with Crippen molar-refractivity contribution in [1.29, 1.82) is 0 Å². The Kier molecular flexibility index (Phi) is 2.83. The summed E-state index contributed by atoms with van der Waals surface area (Å²) in [5.41, 5.74) is 0.992. The van der Waals surface area contributed by atoms with Crippen LogP contribution in [0.2, 0.25) is 0 Å². The van der Waals surface area contributed by atoms with Crippen LogP contribution in [-0.4, -0.2) is 26.0 Å². The lowest BCUT2D eigenvalue weighted by atomic mass is 10.1. The van der Waals surface area contributed by atoms with Crippen LogP contribution < -0.4 is 0 Å². The first kappa shape index (κ1) is 11.3. The predicted octanol–water partition coefficient (Wildman–Crippen LogP) is 1.32. The molecule has 1 aliphatic rings. The summed E-state index contributed by atoms with van der Waals surface area (Å²) in [7, 11) is 0. The molecule has 0 saturated carbocycles. The van der Waals surface area contributed by atoms with Crippen LogP contribution in [-0.2, 0) is 19.4 Å². The van der Waals surface area contributed by atoms with Gasteiger partial charge in [0, 0.05) is 12.8 Å². The van der Waals surface area contributed by atoms with Crippen molar-refractivity contribution in [3.8, 4) is 0 Å². The van der Waals surface area contributed by atoms with Gasteiger partial charge in [0.1, 0.15) is 17.5 Å². The summed E-state index contributed by atoms with van der Waals surface area (Å²) in [6, 6.07) is 6.38. The molecular weight excluding hydrogens is 233 g/mol. The Labute approximate surface area is 104 Å². The molecule has 5 heteroatoms. The number of aryl methyl sites for hydroxylation is 1. The van der Waals surface area contributed by atoms with Crippen molar-refractivity contribution in [1.82, 2.24) is 14.8 Å². The van der Waals surface area contributed by atoms with Gasteiger partial charge in [-0.3, -0.25) is 0 Å². The number of halogens is 1. The molecule has 2 heterocycles. The minimum atomic E-state index is -0.319. The molecule has 3 rings (SSSR count). The summed E-state index contributed by atoms with van der Waals surface area (Å²) < 4.78 is 14.8. The van der Waals surface area contributed by atoms with Gasteiger partial charge < -0.3 is 9.67 Å². The first-order valence-corrected chi connectivity index (χ1v) is 6.06. The van der Waals surface area contributed by atoms with Crippen molar-refractivity contribution in [3.05, 3.63) is 47.3 Å². The number of aromatic nitrogens is 3. The van der Waals surface area contributed by atoms with E-state index in [0.29, 0.717) is 13.0 Å². The molecule has 4 nitrogen and oxygen atoms in total. The number of fused-ring (bicyclic) bond motifs is 1. The standard InChI is InChI=1S/C13H14FN3O/c14-10-3-1-9(2-4-10)7-13-16-15-12-6-5-11(18)8-17(12)13/h1-4,11,18H,5-8H2. The quantitative estimate of drug-likeness (QED) is 0.870. The smallest absolute Gasteiger partial charge is 0.137 e. The van der Waals surface area contributed by atoms with E-state index in [2.05, 4.69) is 10.2 Å². The van der Waals surface area contributed by atoms with Gasteiger partial charge in [-0.15, -0.1) is 10.2 Å². The second-order valence-corrected chi connectivity index (χ2v) is 4.64. The van der Waals surface area contributed by atoms with Crippen LogP contribution in [0.25, 0.3) is 0 Å². The number of aliphatic hydroxyl groups is 1. The van der Waals surface area contributed by atoms with E-state index >= 15 is 0 Å². The molecule has 1 aromatic carbocycles. The van der Waals surface area contributed by atoms with E-state index in [1.165, 1.54) is 12.1 Å². The fourth-order valence-electron chi connectivity index (χ4n) is 2.28. The van der Waals surface area contributed by atoms with Crippen LogP contribution >= 0.6 is 0 Å². The van der Waals surface area contributed by atoms with Gasteiger partial charge in [-0.25, -0.2) is 4.39 Å². The van der Waals surface area contributed by atoms with Crippen molar-refractivity contribution in [2.45, 2.75) is 31.9 Å². The second-order valence-electron chi connectivity index (χ2n) is 4.64. The average molecular weight is 247 g/mol. The highest BCUT2D eigenvalue weighted by atomic mass is 19.1. The lowest BCUT2D eigenvalue weighted by Crippen LogP contribution is -2.25. The van der Waals surface area contributed by atoms with Crippen molar-refractivity contribution in [3.63, 3.8) is 0 Å². The largest absolute Gasteiger partial charge is 0.391 e. The van der Waals surface area contributed by atoms with Gasteiger partial charge in [-0.2, -0.15) is 0 Å². The van der Waals surface area contributed by atoms with E-state index in [4.69, 9.17) is 0 Å². The van der Waals surface area contributed by atoms with Crippen LogP contribution in [0.15, 0.2) is 24.3 Å². The first-order chi connectivity index (χ1) is 8.72. The van der Waals surface area contributed by atoms with Crippen LogP contribution in [0.1, 0.15) is 23.6 Å². The molecule has 0 radical (unpaired) electrons. The molecule has 18 heavy (non-hydrogen) atoms. The summed E-state index contributed by atoms with van der Waals surface area (Å²) in [6.07, 6.45) is 1.80. The van der Waals surface area contributed by atoms with Gasteiger partial charge in [0.25, 0.3) is 0 Å². The first-order valence-electron chi connectivity index (χ1n) is 6.06. The normalized spacial score (nSPS) is 18.7. The Morgan fingerprint density at radius 3 is 2.83 bits per heavy atom. The molecule has 1 aromatic heterocycles. The highest BCUT2D eigenvalue weighted by Gasteiger charge is 2.21. The Hall–Kier alpha value is -1.75. The Morgan fingerprint density at radius 2 is 2.06 bits per heavy atom. The van der Waals surface area contributed by atoms with Crippen LogP contribution in [0.4, 0.5) is 4.39 Å². The van der Waals surface area contributed by atoms with Gasteiger partial charge in [0.15, 0.2) is 0 Å². The molecule has 0 bridgehead atoms. The predicted molar refractivity (Wildman–Crippen MR) is 63.6 cm³/mol. The number of aliphatic hydroxyl groups excluding tert-OH is 1. The minimum absolute atomic E-state index is 0.238. The summed E-state index contributed by atoms with van der Waals surface area (Å²) in [5.74, 6) is 1.52. The molecule has 94 valence electrons. The highest BCUT2D eigenvalue weighted by molar-refractivity contribution is 5.20.